The summed E-state index contributed by atoms with van der Waals surface area (Å²) in [5.74, 6) is 1.14. The van der Waals surface area contributed by atoms with Crippen molar-refractivity contribution in [1.29, 1.82) is 0 Å². The molecule has 0 saturated heterocycles. The zero-order chi connectivity index (χ0) is 25.9. The minimum atomic E-state index is -0.281. The summed E-state index contributed by atoms with van der Waals surface area (Å²) >= 11 is 0. The first-order chi connectivity index (χ1) is 17.4. The van der Waals surface area contributed by atoms with Crippen LogP contribution in [0.3, 0.4) is 0 Å². The highest BCUT2D eigenvalue weighted by Gasteiger charge is 2.14. The number of rotatable bonds is 13. The van der Waals surface area contributed by atoms with Gasteiger partial charge in [-0.2, -0.15) is 0 Å². The second-order valence-electron chi connectivity index (χ2n) is 8.38. The lowest BCUT2D eigenvalue weighted by molar-refractivity contribution is -0.142. The molecule has 6 heteroatoms. The van der Waals surface area contributed by atoms with Crippen LogP contribution in [0.15, 0.2) is 66.7 Å². The molecule has 3 aromatic carbocycles. The first-order valence-electron chi connectivity index (χ1n) is 12.1. The van der Waals surface area contributed by atoms with Gasteiger partial charge in [0.15, 0.2) is 11.6 Å². The predicted octanol–water partition coefficient (Wildman–Crippen LogP) is 6.10. The Morgan fingerprint density at radius 2 is 1.42 bits per heavy atom. The van der Waals surface area contributed by atoms with Gasteiger partial charge in [0.1, 0.15) is 11.5 Å². The van der Waals surface area contributed by atoms with Crippen molar-refractivity contribution in [3.8, 4) is 22.6 Å². The predicted molar refractivity (Wildman–Crippen MR) is 139 cm³/mol. The fraction of sp³-hybridized carbons (Fsp3) is 0.300. The lowest BCUT2D eigenvalue weighted by atomic mass is 9.96. The summed E-state index contributed by atoms with van der Waals surface area (Å²) in [6.07, 6.45) is 2.18. The highest BCUT2D eigenvalue weighted by molar-refractivity contribution is 5.98. The number of hydrogen-bond acceptors (Lipinski definition) is 6. The number of methoxy groups -OCH3 is 2. The molecule has 0 aromatic heterocycles. The monoisotopic (exact) mass is 488 g/mol. The molecule has 188 valence electrons. The molecule has 3 rings (SSSR count). The average molecular weight is 489 g/mol. The Bertz CT molecular complexity index is 1200. The van der Waals surface area contributed by atoms with Crippen LogP contribution in [0.25, 0.3) is 11.1 Å². The Hall–Kier alpha value is -3.93. The average Bonchev–Trinajstić information content (AvgIpc) is 2.90. The van der Waals surface area contributed by atoms with E-state index in [-0.39, 0.29) is 24.0 Å². The van der Waals surface area contributed by atoms with Gasteiger partial charge in [-0.05, 0) is 73.4 Å². The van der Waals surface area contributed by atoms with Gasteiger partial charge in [0.2, 0.25) is 0 Å². The van der Waals surface area contributed by atoms with Crippen molar-refractivity contribution in [2.45, 2.75) is 39.0 Å². The molecular formula is C30H32O6. The molecule has 0 aliphatic heterocycles. The molecule has 0 fully saturated rings. The van der Waals surface area contributed by atoms with Crippen LogP contribution in [0, 0.1) is 0 Å². The number of ketones is 2. The molecule has 0 aliphatic rings. The van der Waals surface area contributed by atoms with Crippen molar-refractivity contribution in [1.82, 2.24) is 0 Å². The molecule has 0 amide bonds. The minimum Gasteiger partial charge on any atom is -0.497 e. The molecule has 0 heterocycles. The van der Waals surface area contributed by atoms with Gasteiger partial charge in [-0.3, -0.25) is 14.4 Å². The Morgan fingerprint density at radius 3 is 2.06 bits per heavy atom. The minimum absolute atomic E-state index is 0.0125. The number of carbonyl (C=O) groups excluding carboxylic acids is 3. The first kappa shape index (κ1) is 26.7. The van der Waals surface area contributed by atoms with Gasteiger partial charge in [0.05, 0.1) is 27.2 Å². The third-order valence-corrected chi connectivity index (χ3v) is 5.88. The molecule has 0 bridgehead atoms. The SMILES string of the molecule is CCOC(=O)Cc1cccc(-c2cc(C(=O)CCCCC(=O)c3ccc(OC)cc3)ccc2OC)c1. The summed E-state index contributed by atoms with van der Waals surface area (Å²) < 4.78 is 15.7. The second kappa shape index (κ2) is 13.2. The Balaban J connectivity index is 1.63. The largest absolute Gasteiger partial charge is 0.497 e. The lowest BCUT2D eigenvalue weighted by Gasteiger charge is -2.12. The van der Waals surface area contributed by atoms with Crippen LogP contribution in [0.4, 0.5) is 0 Å². The maximum atomic E-state index is 12.9. The van der Waals surface area contributed by atoms with Crippen molar-refractivity contribution < 1.29 is 28.6 Å². The Labute approximate surface area is 212 Å². The van der Waals surface area contributed by atoms with Crippen LogP contribution >= 0.6 is 0 Å². The molecule has 0 atom stereocenters. The van der Waals surface area contributed by atoms with Crippen LogP contribution in [0.2, 0.25) is 0 Å². The van der Waals surface area contributed by atoms with E-state index in [1.54, 1.807) is 57.5 Å². The van der Waals surface area contributed by atoms with Gasteiger partial charge < -0.3 is 14.2 Å². The van der Waals surface area contributed by atoms with Gasteiger partial charge in [0, 0.05) is 29.5 Å². The van der Waals surface area contributed by atoms with Crippen LogP contribution < -0.4 is 9.47 Å². The van der Waals surface area contributed by atoms with Gasteiger partial charge in [0.25, 0.3) is 0 Å². The highest BCUT2D eigenvalue weighted by Crippen LogP contribution is 2.32. The van der Waals surface area contributed by atoms with Crippen LogP contribution in [-0.2, 0) is 16.0 Å². The summed E-state index contributed by atoms with van der Waals surface area (Å²) in [7, 11) is 3.17. The van der Waals surface area contributed by atoms with Crippen molar-refractivity contribution in [2.24, 2.45) is 0 Å². The zero-order valence-corrected chi connectivity index (χ0v) is 21.0. The van der Waals surface area contributed by atoms with Gasteiger partial charge in [-0.25, -0.2) is 0 Å². The Kier molecular flexibility index (Phi) is 9.81. The molecule has 0 unspecified atom stereocenters. The zero-order valence-electron chi connectivity index (χ0n) is 21.0. The van der Waals surface area contributed by atoms with E-state index in [9.17, 15) is 14.4 Å². The first-order valence-corrected chi connectivity index (χ1v) is 12.1. The number of Topliss-reactive ketones (excluding diaryl/α,β-unsaturated/α-hetero) is 2. The number of ether oxygens (including phenoxy) is 3. The fourth-order valence-corrected chi connectivity index (χ4v) is 3.97. The van der Waals surface area contributed by atoms with E-state index in [0.29, 0.717) is 54.9 Å². The standard InChI is InChI=1S/C30H32O6/c1-4-36-30(33)19-21-8-7-9-23(18-21)26-20-24(14-17-29(26)35-3)28(32)11-6-5-10-27(31)22-12-15-25(34-2)16-13-22/h7-9,12-18,20H,4-6,10-11,19H2,1-3H3. The normalized spacial score (nSPS) is 10.5. The van der Waals surface area contributed by atoms with Crippen molar-refractivity contribution in [3.63, 3.8) is 0 Å². The number of carbonyl (C=O) groups is 3. The number of unbranched alkanes of at least 4 members (excludes halogenated alkanes) is 1. The summed E-state index contributed by atoms with van der Waals surface area (Å²) in [5.41, 5.74) is 3.69. The molecule has 0 N–H and O–H groups in total. The Morgan fingerprint density at radius 1 is 0.750 bits per heavy atom. The lowest BCUT2D eigenvalue weighted by Crippen LogP contribution is -2.07. The topological polar surface area (TPSA) is 78.9 Å². The van der Waals surface area contributed by atoms with Gasteiger partial charge in [-0.15, -0.1) is 0 Å². The van der Waals surface area contributed by atoms with Crippen molar-refractivity contribution in [3.05, 3.63) is 83.4 Å². The molecule has 0 spiro atoms. The van der Waals surface area contributed by atoms with Crippen LogP contribution in [0.5, 0.6) is 11.5 Å². The number of benzene rings is 3. The van der Waals surface area contributed by atoms with E-state index in [1.807, 2.05) is 30.3 Å². The summed E-state index contributed by atoms with van der Waals surface area (Å²) in [6, 6.07) is 20.0. The van der Waals surface area contributed by atoms with E-state index < -0.39 is 0 Å². The molecule has 6 nitrogen and oxygen atoms in total. The highest BCUT2D eigenvalue weighted by atomic mass is 16.5. The smallest absolute Gasteiger partial charge is 0.310 e. The van der Waals surface area contributed by atoms with E-state index in [0.717, 1.165) is 16.7 Å². The second-order valence-corrected chi connectivity index (χ2v) is 8.38. The van der Waals surface area contributed by atoms with Crippen molar-refractivity contribution >= 4 is 17.5 Å². The van der Waals surface area contributed by atoms with E-state index in [1.165, 1.54) is 0 Å². The number of hydrogen-bond donors (Lipinski definition) is 0. The molecule has 36 heavy (non-hydrogen) atoms. The molecule has 0 radical (unpaired) electrons. The fourth-order valence-electron chi connectivity index (χ4n) is 3.97. The molecule has 3 aromatic rings. The molecule has 0 saturated carbocycles. The van der Waals surface area contributed by atoms with E-state index in [4.69, 9.17) is 14.2 Å². The molecular weight excluding hydrogens is 456 g/mol. The summed E-state index contributed by atoms with van der Waals surface area (Å²) in [4.78, 5) is 37.2. The van der Waals surface area contributed by atoms with Gasteiger partial charge in [-0.1, -0.05) is 24.3 Å². The maximum Gasteiger partial charge on any atom is 0.310 e. The van der Waals surface area contributed by atoms with Crippen molar-refractivity contribution in [2.75, 3.05) is 20.8 Å². The summed E-state index contributed by atoms with van der Waals surface area (Å²) in [5, 5.41) is 0. The third kappa shape index (κ3) is 7.28. The quantitative estimate of drug-likeness (QED) is 0.164. The number of esters is 1. The van der Waals surface area contributed by atoms with Crippen LogP contribution in [0.1, 0.15) is 58.9 Å². The van der Waals surface area contributed by atoms with E-state index in [2.05, 4.69) is 0 Å². The molecule has 0 aliphatic carbocycles. The summed E-state index contributed by atoms with van der Waals surface area (Å²) in [6.45, 7) is 2.12. The van der Waals surface area contributed by atoms with E-state index >= 15 is 0 Å². The maximum absolute atomic E-state index is 12.9. The van der Waals surface area contributed by atoms with Gasteiger partial charge >= 0.3 is 5.97 Å². The third-order valence-electron chi connectivity index (χ3n) is 5.88. The van der Waals surface area contributed by atoms with Crippen LogP contribution in [-0.4, -0.2) is 38.4 Å².